The molecule has 0 bridgehead atoms. The summed E-state index contributed by atoms with van der Waals surface area (Å²) in [6.45, 7) is 8.31. The van der Waals surface area contributed by atoms with Gasteiger partial charge in [-0.2, -0.15) is 0 Å². The summed E-state index contributed by atoms with van der Waals surface area (Å²) in [6.07, 6.45) is 0.104. The minimum atomic E-state index is -0.655. The van der Waals surface area contributed by atoms with Gasteiger partial charge in [0.15, 0.2) is 0 Å². The van der Waals surface area contributed by atoms with Crippen LogP contribution in [0, 0.1) is 0 Å². The second-order valence-electron chi connectivity index (χ2n) is 8.68. The molecule has 2 atom stereocenters. The maximum absolute atomic E-state index is 13.0. The molecule has 1 aliphatic heterocycles. The number of carbonyl (C=O) groups excluding carboxylic acids is 3. The van der Waals surface area contributed by atoms with Gasteiger partial charge < -0.3 is 19.1 Å². The normalized spacial score (nSPS) is 18.0. The maximum atomic E-state index is 13.0. The molecule has 0 unspecified atom stereocenters. The highest BCUT2D eigenvalue weighted by atomic mass is 16.6. The molecular formula is C23H34N2O6. The van der Waals surface area contributed by atoms with Gasteiger partial charge in [-0.3, -0.25) is 14.5 Å². The van der Waals surface area contributed by atoms with Crippen LogP contribution < -0.4 is 0 Å². The molecule has 172 valence electrons. The molecular weight excluding hydrogens is 400 g/mol. The fraction of sp³-hybridized carbons (Fsp3) is 0.609. The Morgan fingerprint density at radius 1 is 1.16 bits per heavy atom. The lowest BCUT2D eigenvalue weighted by Crippen LogP contribution is -2.60. The third kappa shape index (κ3) is 7.54. The second-order valence-corrected chi connectivity index (χ2v) is 8.68. The van der Waals surface area contributed by atoms with E-state index in [4.69, 9.17) is 14.2 Å². The van der Waals surface area contributed by atoms with Crippen molar-refractivity contribution in [1.29, 1.82) is 0 Å². The van der Waals surface area contributed by atoms with E-state index in [1.807, 2.05) is 51.1 Å². The number of nitrogens with zero attached hydrogens (tertiary/aromatic N) is 2. The number of carbonyl (C=O) groups is 3. The summed E-state index contributed by atoms with van der Waals surface area (Å²) in [6, 6.07) is 8.47. The van der Waals surface area contributed by atoms with Crippen LogP contribution in [0.4, 0.5) is 4.79 Å². The molecule has 1 heterocycles. The molecule has 0 saturated carbocycles. The third-order valence-electron chi connectivity index (χ3n) is 5.03. The van der Waals surface area contributed by atoms with Gasteiger partial charge in [0.25, 0.3) is 0 Å². The number of hydrogen-bond donors (Lipinski definition) is 0. The fourth-order valence-electron chi connectivity index (χ4n) is 3.51. The molecule has 1 saturated heterocycles. The topological polar surface area (TPSA) is 85.4 Å². The SMILES string of the molecule is COC[C@H](CCC(=O)OC(C)(C)C)N1CCN(C(=O)OCc2ccccc2)[C@@H](C)C1=O. The number of ether oxygens (including phenoxy) is 3. The van der Waals surface area contributed by atoms with E-state index in [0.717, 1.165) is 5.56 Å². The van der Waals surface area contributed by atoms with E-state index in [1.54, 1.807) is 18.9 Å². The standard InChI is InChI=1S/C23H34N2O6/c1-17-21(27)25(19(16-29-5)11-12-20(26)31-23(2,3)4)14-13-24(17)22(28)30-15-18-9-7-6-8-10-18/h6-10,17,19H,11-16H2,1-5H3/t17-,19-/m0/s1. The first kappa shape index (κ1) is 24.7. The van der Waals surface area contributed by atoms with Crippen molar-refractivity contribution in [3.8, 4) is 0 Å². The third-order valence-corrected chi connectivity index (χ3v) is 5.03. The van der Waals surface area contributed by atoms with Gasteiger partial charge in [-0.25, -0.2) is 4.79 Å². The van der Waals surface area contributed by atoms with Crippen molar-refractivity contribution in [2.75, 3.05) is 26.8 Å². The van der Waals surface area contributed by atoms with Gasteiger partial charge >= 0.3 is 12.1 Å². The number of amides is 2. The van der Waals surface area contributed by atoms with Gasteiger partial charge in [-0.15, -0.1) is 0 Å². The lowest BCUT2D eigenvalue weighted by molar-refractivity contribution is -0.156. The van der Waals surface area contributed by atoms with Gasteiger partial charge in [0.05, 0.1) is 12.6 Å². The van der Waals surface area contributed by atoms with Gasteiger partial charge in [0, 0.05) is 26.6 Å². The summed E-state index contributed by atoms with van der Waals surface area (Å²) < 4.78 is 16.0. The van der Waals surface area contributed by atoms with Crippen LogP contribution in [0.2, 0.25) is 0 Å². The van der Waals surface area contributed by atoms with Crippen LogP contribution in [-0.2, 0) is 30.4 Å². The van der Waals surface area contributed by atoms with E-state index < -0.39 is 17.7 Å². The highest BCUT2D eigenvalue weighted by Gasteiger charge is 2.38. The largest absolute Gasteiger partial charge is 0.460 e. The maximum Gasteiger partial charge on any atom is 0.410 e. The van der Waals surface area contributed by atoms with Crippen LogP contribution in [0.1, 0.15) is 46.1 Å². The van der Waals surface area contributed by atoms with Gasteiger partial charge in [-0.05, 0) is 39.7 Å². The van der Waals surface area contributed by atoms with Crippen LogP contribution in [-0.4, -0.2) is 72.3 Å². The Bertz CT molecular complexity index is 746. The Hall–Kier alpha value is -2.61. The van der Waals surface area contributed by atoms with Crippen molar-refractivity contribution in [2.24, 2.45) is 0 Å². The summed E-state index contributed by atoms with van der Waals surface area (Å²) in [4.78, 5) is 40.8. The Labute approximate surface area is 184 Å². The molecule has 0 spiro atoms. The number of esters is 1. The summed E-state index contributed by atoms with van der Waals surface area (Å²) in [7, 11) is 1.56. The molecule has 1 aromatic carbocycles. The number of methoxy groups -OCH3 is 1. The quantitative estimate of drug-likeness (QED) is 0.585. The molecule has 0 aromatic heterocycles. The van der Waals surface area contributed by atoms with Crippen molar-refractivity contribution < 1.29 is 28.6 Å². The van der Waals surface area contributed by atoms with Gasteiger partial charge in [0.2, 0.25) is 5.91 Å². The zero-order valence-corrected chi connectivity index (χ0v) is 19.1. The monoisotopic (exact) mass is 434 g/mol. The molecule has 1 aromatic rings. The average molecular weight is 435 g/mol. The zero-order chi connectivity index (χ0) is 23.0. The van der Waals surface area contributed by atoms with E-state index >= 15 is 0 Å². The predicted octanol–water partition coefficient (Wildman–Crippen LogP) is 2.99. The Morgan fingerprint density at radius 3 is 2.45 bits per heavy atom. The van der Waals surface area contributed by atoms with Crippen molar-refractivity contribution in [3.05, 3.63) is 35.9 Å². The lowest BCUT2D eigenvalue weighted by atomic mass is 10.1. The van der Waals surface area contributed by atoms with Crippen molar-refractivity contribution in [3.63, 3.8) is 0 Å². The summed E-state index contributed by atoms with van der Waals surface area (Å²) in [5, 5.41) is 0. The first-order valence-corrected chi connectivity index (χ1v) is 10.6. The van der Waals surface area contributed by atoms with Crippen LogP contribution in [0.15, 0.2) is 30.3 Å². The lowest BCUT2D eigenvalue weighted by Gasteiger charge is -2.42. The first-order valence-electron chi connectivity index (χ1n) is 10.6. The average Bonchev–Trinajstić information content (AvgIpc) is 2.71. The van der Waals surface area contributed by atoms with E-state index in [9.17, 15) is 14.4 Å². The molecule has 2 rings (SSSR count). The predicted molar refractivity (Wildman–Crippen MR) is 115 cm³/mol. The Morgan fingerprint density at radius 2 is 1.84 bits per heavy atom. The minimum Gasteiger partial charge on any atom is -0.460 e. The molecule has 1 fully saturated rings. The highest BCUT2D eigenvalue weighted by Crippen LogP contribution is 2.19. The zero-order valence-electron chi connectivity index (χ0n) is 19.1. The summed E-state index contributed by atoms with van der Waals surface area (Å²) in [5.41, 5.74) is 0.333. The Kier molecular flexibility index (Phi) is 8.86. The van der Waals surface area contributed by atoms with Gasteiger partial charge in [0.1, 0.15) is 18.2 Å². The second kappa shape index (κ2) is 11.1. The number of piperazine rings is 1. The molecule has 8 heteroatoms. The van der Waals surface area contributed by atoms with Crippen LogP contribution in [0.3, 0.4) is 0 Å². The molecule has 8 nitrogen and oxygen atoms in total. The summed E-state index contributed by atoms with van der Waals surface area (Å²) >= 11 is 0. The molecule has 2 amide bonds. The molecule has 0 N–H and O–H groups in total. The first-order chi connectivity index (χ1) is 14.6. The molecule has 31 heavy (non-hydrogen) atoms. The molecule has 0 aliphatic carbocycles. The Balaban J connectivity index is 1.93. The van der Waals surface area contributed by atoms with Crippen molar-refractivity contribution in [1.82, 2.24) is 9.80 Å². The molecule has 1 aliphatic rings. The number of hydrogen-bond acceptors (Lipinski definition) is 6. The van der Waals surface area contributed by atoms with Crippen molar-refractivity contribution in [2.45, 2.75) is 64.8 Å². The number of benzene rings is 1. The minimum absolute atomic E-state index is 0.156. The van der Waals surface area contributed by atoms with Crippen LogP contribution in [0.5, 0.6) is 0 Å². The van der Waals surface area contributed by atoms with E-state index in [2.05, 4.69) is 0 Å². The van der Waals surface area contributed by atoms with E-state index in [1.165, 1.54) is 4.90 Å². The van der Waals surface area contributed by atoms with E-state index in [-0.39, 0.29) is 30.9 Å². The molecule has 0 radical (unpaired) electrons. The summed E-state index contributed by atoms with van der Waals surface area (Å²) in [5.74, 6) is -0.494. The van der Waals surface area contributed by atoms with Crippen LogP contribution >= 0.6 is 0 Å². The number of rotatable bonds is 8. The van der Waals surface area contributed by atoms with E-state index in [0.29, 0.717) is 26.1 Å². The van der Waals surface area contributed by atoms with Crippen molar-refractivity contribution >= 4 is 18.0 Å². The highest BCUT2D eigenvalue weighted by molar-refractivity contribution is 5.86. The van der Waals surface area contributed by atoms with Gasteiger partial charge in [-0.1, -0.05) is 30.3 Å². The van der Waals surface area contributed by atoms with Crippen LogP contribution in [0.25, 0.3) is 0 Å². The fourth-order valence-corrected chi connectivity index (χ4v) is 3.51. The smallest absolute Gasteiger partial charge is 0.410 e.